The van der Waals surface area contributed by atoms with E-state index in [0.717, 1.165) is 109 Å². The molecule has 0 bridgehead atoms. The summed E-state index contributed by atoms with van der Waals surface area (Å²) in [5, 5.41) is 0. The van der Waals surface area contributed by atoms with Crippen LogP contribution < -0.4 is 0 Å². The molecule has 0 N–H and O–H groups in total. The highest BCUT2D eigenvalue weighted by Gasteiger charge is 2.19. The summed E-state index contributed by atoms with van der Waals surface area (Å²) < 4.78 is 16.9. The molecule has 0 saturated heterocycles. The van der Waals surface area contributed by atoms with Crippen LogP contribution in [0.1, 0.15) is 342 Å². The SMILES string of the molecule is CC/C=C\C/C=C\C/C=C\C/C=C\C/C=C\C/C=C\C/C=C\C/C=C\CCCCCCCCCCCCC(=O)OCC(COC(=O)CCCCCCCCCCC)OC(=O)CCCCCCCCCCCCCCCCCCCCC. The summed E-state index contributed by atoms with van der Waals surface area (Å²) in [6.45, 7) is 6.55. The van der Waals surface area contributed by atoms with E-state index in [-0.39, 0.29) is 31.1 Å². The zero-order valence-corrected chi connectivity index (χ0v) is 53.5. The molecule has 0 fully saturated rings. The van der Waals surface area contributed by atoms with E-state index in [4.69, 9.17) is 14.2 Å². The lowest BCUT2D eigenvalue weighted by molar-refractivity contribution is -0.167. The normalized spacial score (nSPS) is 12.7. The van der Waals surface area contributed by atoms with Crippen molar-refractivity contribution >= 4 is 17.9 Å². The maximum atomic E-state index is 12.9. The van der Waals surface area contributed by atoms with Crippen LogP contribution in [0.25, 0.3) is 0 Å². The molecule has 0 aromatic heterocycles. The summed E-state index contributed by atoms with van der Waals surface area (Å²) in [6.07, 6.45) is 93.0. The fourth-order valence-electron chi connectivity index (χ4n) is 9.93. The molecule has 6 heteroatoms. The predicted molar refractivity (Wildman–Crippen MR) is 353 cm³/mol. The van der Waals surface area contributed by atoms with Crippen LogP contribution in [-0.4, -0.2) is 37.2 Å². The number of hydrogen-bond donors (Lipinski definition) is 0. The molecule has 0 radical (unpaired) electrons. The van der Waals surface area contributed by atoms with Crippen molar-refractivity contribution < 1.29 is 28.6 Å². The first kappa shape index (κ1) is 77.3. The highest BCUT2D eigenvalue weighted by atomic mass is 16.6. The Bertz CT molecular complexity index is 1580. The average Bonchev–Trinajstić information content (AvgIpc) is 3.47. The molecule has 0 aromatic carbocycles. The summed E-state index contributed by atoms with van der Waals surface area (Å²) in [7, 11) is 0. The van der Waals surface area contributed by atoms with E-state index in [9.17, 15) is 14.4 Å². The molecule has 0 aliphatic carbocycles. The first-order valence-corrected chi connectivity index (χ1v) is 34.7. The number of carbonyl (C=O) groups excluding carboxylic acids is 3. The molecule has 1 unspecified atom stereocenters. The molecule has 0 heterocycles. The van der Waals surface area contributed by atoms with Gasteiger partial charge in [-0.3, -0.25) is 14.4 Å². The van der Waals surface area contributed by atoms with E-state index in [1.807, 2.05) is 0 Å². The Labute approximate surface area is 502 Å². The monoisotopic (exact) mass is 1130 g/mol. The van der Waals surface area contributed by atoms with Crippen molar-refractivity contribution in [3.8, 4) is 0 Å². The summed E-state index contributed by atoms with van der Waals surface area (Å²) >= 11 is 0. The molecule has 0 spiro atoms. The summed E-state index contributed by atoms with van der Waals surface area (Å²) in [5.74, 6) is -0.863. The van der Waals surface area contributed by atoms with Crippen LogP contribution in [0.2, 0.25) is 0 Å². The number of carbonyl (C=O) groups is 3. The van der Waals surface area contributed by atoms with Gasteiger partial charge in [0.2, 0.25) is 0 Å². The van der Waals surface area contributed by atoms with Crippen molar-refractivity contribution in [1.29, 1.82) is 0 Å². The molecule has 6 nitrogen and oxygen atoms in total. The first-order valence-electron chi connectivity index (χ1n) is 34.7. The third-order valence-electron chi connectivity index (χ3n) is 15.1. The van der Waals surface area contributed by atoms with Crippen LogP contribution in [0.3, 0.4) is 0 Å². The molecule has 1 atom stereocenters. The van der Waals surface area contributed by atoms with Crippen molar-refractivity contribution in [2.45, 2.75) is 348 Å². The van der Waals surface area contributed by atoms with Gasteiger partial charge in [0.05, 0.1) is 0 Å². The van der Waals surface area contributed by atoms with Crippen LogP contribution in [0.4, 0.5) is 0 Å². The molecule has 0 aliphatic heterocycles. The van der Waals surface area contributed by atoms with Gasteiger partial charge in [0, 0.05) is 19.3 Å². The number of rotatable bonds is 63. The molecule has 466 valence electrons. The molecular formula is C75H130O6. The van der Waals surface area contributed by atoms with Gasteiger partial charge in [0.15, 0.2) is 6.10 Å². The average molecular weight is 1130 g/mol. The molecule has 0 saturated carbocycles. The minimum atomic E-state index is -0.775. The van der Waals surface area contributed by atoms with Gasteiger partial charge in [0.1, 0.15) is 13.2 Å². The Balaban J connectivity index is 4.13. The van der Waals surface area contributed by atoms with Gasteiger partial charge in [-0.15, -0.1) is 0 Å². The maximum absolute atomic E-state index is 12.9. The van der Waals surface area contributed by atoms with Gasteiger partial charge in [-0.1, -0.05) is 336 Å². The Kier molecular flexibility index (Phi) is 65.7. The second kappa shape index (κ2) is 68.8. The number of unbranched alkanes of at least 4 members (excludes halogenated alkanes) is 36. The van der Waals surface area contributed by atoms with E-state index >= 15 is 0 Å². The highest BCUT2D eigenvalue weighted by Crippen LogP contribution is 2.17. The van der Waals surface area contributed by atoms with Crippen molar-refractivity contribution in [2.75, 3.05) is 13.2 Å². The predicted octanol–water partition coefficient (Wildman–Crippen LogP) is 24.0. The number of hydrogen-bond acceptors (Lipinski definition) is 6. The first-order chi connectivity index (χ1) is 40.0. The summed E-state index contributed by atoms with van der Waals surface area (Å²) in [6, 6.07) is 0. The third-order valence-corrected chi connectivity index (χ3v) is 15.1. The molecule has 0 amide bonds. The Morgan fingerprint density at radius 2 is 0.481 bits per heavy atom. The van der Waals surface area contributed by atoms with Crippen LogP contribution in [0.5, 0.6) is 0 Å². The minimum Gasteiger partial charge on any atom is -0.462 e. The molecule has 0 rings (SSSR count). The van der Waals surface area contributed by atoms with Crippen LogP contribution >= 0.6 is 0 Å². The van der Waals surface area contributed by atoms with Gasteiger partial charge in [-0.25, -0.2) is 0 Å². The summed E-state index contributed by atoms with van der Waals surface area (Å²) in [5.41, 5.74) is 0. The molecule has 0 aliphatic rings. The number of allylic oxidation sites excluding steroid dienone is 16. The summed E-state index contributed by atoms with van der Waals surface area (Å²) in [4.78, 5) is 38.2. The lowest BCUT2D eigenvalue weighted by Crippen LogP contribution is -2.30. The second-order valence-electron chi connectivity index (χ2n) is 23.1. The van der Waals surface area contributed by atoms with Crippen molar-refractivity contribution in [3.05, 3.63) is 97.2 Å². The van der Waals surface area contributed by atoms with Crippen molar-refractivity contribution in [2.24, 2.45) is 0 Å². The van der Waals surface area contributed by atoms with Gasteiger partial charge in [-0.2, -0.15) is 0 Å². The quantitative estimate of drug-likeness (QED) is 0.0261. The standard InChI is InChI=1S/C75H130O6/c1-4-7-10-13-16-19-21-23-25-27-29-30-31-32-33-34-35-36-37-38-39-40-41-42-43-44-46-47-49-51-53-56-59-62-65-68-74(77)80-71-72(70-79-73(76)67-64-61-58-55-18-15-12-9-6-3)81-75(78)69-66-63-60-57-54-52-50-48-45-28-26-24-22-20-17-14-11-8-5-2/h7,10,16,19,23,25,29-30,32-33,35-36,38-39,41-42,72H,4-6,8-9,11-15,17-18,20-22,24,26-28,31,34,37,40,43-71H2,1-3H3/b10-7-,19-16-,25-23-,30-29-,33-32-,36-35-,39-38-,42-41-. The maximum Gasteiger partial charge on any atom is 0.306 e. The van der Waals surface area contributed by atoms with Crippen molar-refractivity contribution in [1.82, 2.24) is 0 Å². The van der Waals surface area contributed by atoms with E-state index in [1.165, 1.54) is 193 Å². The molecule has 0 aromatic rings. The Morgan fingerprint density at radius 1 is 0.259 bits per heavy atom. The van der Waals surface area contributed by atoms with E-state index in [1.54, 1.807) is 0 Å². The Morgan fingerprint density at radius 3 is 0.753 bits per heavy atom. The zero-order chi connectivity index (χ0) is 58.5. The Hall–Kier alpha value is -3.67. The van der Waals surface area contributed by atoms with Crippen LogP contribution in [0.15, 0.2) is 97.2 Å². The van der Waals surface area contributed by atoms with Crippen LogP contribution in [0, 0.1) is 0 Å². The number of esters is 3. The zero-order valence-electron chi connectivity index (χ0n) is 53.5. The van der Waals surface area contributed by atoms with Crippen molar-refractivity contribution in [3.63, 3.8) is 0 Å². The van der Waals surface area contributed by atoms with Crippen LogP contribution in [-0.2, 0) is 28.6 Å². The lowest BCUT2D eigenvalue weighted by Gasteiger charge is -2.18. The topological polar surface area (TPSA) is 78.9 Å². The third kappa shape index (κ3) is 67.0. The second-order valence-corrected chi connectivity index (χ2v) is 23.1. The lowest BCUT2D eigenvalue weighted by atomic mass is 10.0. The molecule has 81 heavy (non-hydrogen) atoms. The highest BCUT2D eigenvalue weighted by molar-refractivity contribution is 5.71. The minimum absolute atomic E-state index is 0.0728. The van der Waals surface area contributed by atoms with E-state index in [2.05, 4.69) is 118 Å². The fraction of sp³-hybridized carbons (Fsp3) is 0.747. The largest absolute Gasteiger partial charge is 0.462 e. The van der Waals surface area contributed by atoms with Gasteiger partial charge in [-0.05, 0) is 83.5 Å². The van der Waals surface area contributed by atoms with Gasteiger partial charge < -0.3 is 14.2 Å². The fourth-order valence-corrected chi connectivity index (χ4v) is 9.93. The van der Waals surface area contributed by atoms with Gasteiger partial charge in [0.25, 0.3) is 0 Å². The molecular weight excluding hydrogens is 997 g/mol. The number of ether oxygens (including phenoxy) is 3. The van der Waals surface area contributed by atoms with E-state index in [0.29, 0.717) is 19.3 Å². The van der Waals surface area contributed by atoms with Gasteiger partial charge >= 0.3 is 17.9 Å². The smallest absolute Gasteiger partial charge is 0.306 e. The van der Waals surface area contributed by atoms with E-state index < -0.39 is 6.10 Å².